The number of hydrogen-bond donors (Lipinski definition) is 1. The van der Waals surface area contributed by atoms with Gasteiger partial charge in [0.05, 0.1) is 18.3 Å². The number of rotatable bonds is 6. The Morgan fingerprint density at radius 1 is 1.09 bits per heavy atom. The highest BCUT2D eigenvalue weighted by atomic mass is 19.1. The number of nitrogens with zero attached hydrogens (tertiary/aromatic N) is 3. The Kier molecular flexibility index (Phi) is 6.73. The van der Waals surface area contributed by atoms with Gasteiger partial charge in [-0.05, 0) is 74.7 Å². The molecule has 2 aromatic heterocycles. The summed E-state index contributed by atoms with van der Waals surface area (Å²) < 4.78 is 19.7. The lowest BCUT2D eigenvalue weighted by molar-refractivity contribution is -0.111. The lowest BCUT2D eigenvalue weighted by atomic mass is 10.0. The van der Waals surface area contributed by atoms with Crippen LogP contribution in [0.3, 0.4) is 0 Å². The Morgan fingerprint density at radius 3 is 2.54 bits per heavy atom. The number of nitrogens with one attached hydrogen (secondary N) is 1. The maximum Gasteiger partial charge on any atom is 0.343 e. The van der Waals surface area contributed by atoms with Gasteiger partial charge in [0.2, 0.25) is 5.91 Å². The maximum atomic E-state index is 13.1. The lowest BCUT2D eigenvalue weighted by Gasteiger charge is -2.13. The molecule has 0 saturated heterocycles. The van der Waals surface area contributed by atoms with E-state index < -0.39 is 11.9 Å². The van der Waals surface area contributed by atoms with E-state index in [0.29, 0.717) is 11.4 Å². The number of carbonyl (C=O) groups excluding carboxylic acids is 2. The molecule has 1 amide bonds. The standard InChI is InChI=1S/C27H25FN4O3/c1-5-35-27(34)22-15-29-32(23-14-17(3)21-13-16(2)12-18(4)25(21)30-23)26(22)31-24(33)11-8-19-6-9-20(28)10-7-19/h6-15H,5H2,1-4H3,(H,31,33)/b11-8+. The number of ether oxygens (including phenoxy) is 1. The van der Waals surface area contributed by atoms with Crippen LogP contribution in [0.5, 0.6) is 0 Å². The number of amides is 1. The van der Waals surface area contributed by atoms with Gasteiger partial charge in [-0.25, -0.2) is 14.2 Å². The van der Waals surface area contributed by atoms with E-state index in [0.717, 1.165) is 27.6 Å². The van der Waals surface area contributed by atoms with Gasteiger partial charge >= 0.3 is 5.97 Å². The number of benzene rings is 2. The van der Waals surface area contributed by atoms with Gasteiger partial charge in [0.1, 0.15) is 11.4 Å². The van der Waals surface area contributed by atoms with E-state index in [-0.39, 0.29) is 23.8 Å². The number of aryl methyl sites for hydroxylation is 3. The third kappa shape index (κ3) is 5.11. The zero-order chi connectivity index (χ0) is 25.1. The third-order valence-corrected chi connectivity index (χ3v) is 5.46. The molecule has 0 bridgehead atoms. The van der Waals surface area contributed by atoms with Crippen LogP contribution in [0.1, 0.15) is 39.5 Å². The van der Waals surface area contributed by atoms with Crippen LogP contribution in [0.15, 0.2) is 54.7 Å². The second kappa shape index (κ2) is 9.89. The molecule has 4 rings (SSSR count). The first-order valence-corrected chi connectivity index (χ1v) is 11.2. The van der Waals surface area contributed by atoms with Crippen molar-refractivity contribution in [2.45, 2.75) is 27.7 Å². The van der Waals surface area contributed by atoms with Crippen LogP contribution in [0.2, 0.25) is 0 Å². The average molecular weight is 473 g/mol. The smallest absolute Gasteiger partial charge is 0.343 e. The SMILES string of the molecule is CCOC(=O)c1cnn(-c2cc(C)c3cc(C)cc(C)c3n2)c1NC(=O)/C=C/c1ccc(F)cc1. The fraction of sp³-hybridized carbons (Fsp3) is 0.185. The molecule has 0 radical (unpaired) electrons. The molecule has 35 heavy (non-hydrogen) atoms. The van der Waals surface area contributed by atoms with E-state index in [1.807, 2.05) is 26.8 Å². The number of halogens is 1. The monoisotopic (exact) mass is 472 g/mol. The van der Waals surface area contributed by atoms with Gasteiger partial charge in [-0.3, -0.25) is 4.79 Å². The largest absolute Gasteiger partial charge is 0.462 e. The van der Waals surface area contributed by atoms with Crippen molar-refractivity contribution in [3.63, 3.8) is 0 Å². The fourth-order valence-electron chi connectivity index (χ4n) is 3.84. The summed E-state index contributed by atoms with van der Waals surface area (Å²) in [5.74, 6) is -0.867. The van der Waals surface area contributed by atoms with E-state index >= 15 is 0 Å². The van der Waals surface area contributed by atoms with Crippen LogP contribution in [-0.2, 0) is 9.53 Å². The third-order valence-electron chi connectivity index (χ3n) is 5.46. The molecule has 7 nitrogen and oxygen atoms in total. The summed E-state index contributed by atoms with van der Waals surface area (Å²) in [5.41, 5.74) is 4.70. The van der Waals surface area contributed by atoms with Crippen molar-refractivity contribution in [1.29, 1.82) is 0 Å². The van der Waals surface area contributed by atoms with Crippen LogP contribution in [-0.4, -0.2) is 33.2 Å². The molecule has 0 aliphatic rings. The minimum absolute atomic E-state index is 0.107. The lowest BCUT2D eigenvalue weighted by Crippen LogP contribution is -2.16. The predicted octanol–water partition coefficient (Wildman–Crippen LogP) is 5.31. The number of aromatic nitrogens is 3. The van der Waals surface area contributed by atoms with Gasteiger partial charge in [0.25, 0.3) is 0 Å². The quantitative estimate of drug-likeness (QED) is 0.303. The summed E-state index contributed by atoms with van der Waals surface area (Å²) >= 11 is 0. The number of fused-ring (bicyclic) bond motifs is 1. The maximum absolute atomic E-state index is 13.1. The van der Waals surface area contributed by atoms with Crippen LogP contribution in [0.4, 0.5) is 10.2 Å². The molecule has 178 valence electrons. The highest BCUT2D eigenvalue weighted by molar-refractivity contribution is 6.05. The summed E-state index contributed by atoms with van der Waals surface area (Å²) in [7, 11) is 0. The summed E-state index contributed by atoms with van der Waals surface area (Å²) in [6.45, 7) is 7.87. The topological polar surface area (TPSA) is 86.1 Å². The van der Waals surface area contributed by atoms with Crippen molar-refractivity contribution >= 4 is 34.7 Å². The second-order valence-electron chi connectivity index (χ2n) is 8.19. The molecule has 0 fully saturated rings. The predicted molar refractivity (Wildman–Crippen MR) is 133 cm³/mol. The first-order valence-electron chi connectivity index (χ1n) is 11.2. The van der Waals surface area contributed by atoms with E-state index in [2.05, 4.69) is 22.5 Å². The van der Waals surface area contributed by atoms with Gasteiger partial charge in [-0.15, -0.1) is 0 Å². The summed E-state index contributed by atoms with van der Waals surface area (Å²) in [5, 5.41) is 8.09. The number of hydrogen-bond acceptors (Lipinski definition) is 5. The van der Waals surface area contributed by atoms with Gasteiger partial charge in [-0.1, -0.05) is 23.8 Å². The molecule has 1 N–H and O–H groups in total. The molecule has 2 aromatic carbocycles. The van der Waals surface area contributed by atoms with Crippen molar-refractivity contribution in [3.8, 4) is 5.82 Å². The zero-order valence-corrected chi connectivity index (χ0v) is 19.9. The van der Waals surface area contributed by atoms with Crippen LogP contribution < -0.4 is 5.32 Å². The van der Waals surface area contributed by atoms with Gasteiger partial charge < -0.3 is 10.1 Å². The molecule has 0 aliphatic carbocycles. The minimum Gasteiger partial charge on any atom is -0.462 e. The summed E-state index contributed by atoms with van der Waals surface area (Å²) in [4.78, 5) is 30.1. The van der Waals surface area contributed by atoms with Gasteiger partial charge in [0.15, 0.2) is 11.6 Å². The molecule has 0 aliphatic heterocycles. The van der Waals surface area contributed by atoms with Crippen LogP contribution in [0.25, 0.3) is 22.8 Å². The minimum atomic E-state index is -0.610. The number of carbonyl (C=O) groups is 2. The van der Waals surface area contributed by atoms with E-state index in [1.54, 1.807) is 25.1 Å². The molecule has 4 aromatic rings. The number of anilines is 1. The highest BCUT2D eigenvalue weighted by Crippen LogP contribution is 2.27. The molecule has 0 atom stereocenters. The van der Waals surface area contributed by atoms with E-state index in [1.165, 1.54) is 29.1 Å². The van der Waals surface area contributed by atoms with E-state index in [9.17, 15) is 14.0 Å². The van der Waals surface area contributed by atoms with Gasteiger partial charge in [0, 0.05) is 11.5 Å². The molecule has 0 saturated carbocycles. The molecular formula is C27H25FN4O3. The van der Waals surface area contributed by atoms with Crippen molar-refractivity contribution in [1.82, 2.24) is 14.8 Å². The molecular weight excluding hydrogens is 447 g/mol. The number of pyridine rings is 1. The molecule has 2 heterocycles. The Balaban J connectivity index is 1.75. The van der Waals surface area contributed by atoms with E-state index in [4.69, 9.17) is 9.72 Å². The highest BCUT2D eigenvalue weighted by Gasteiger charge is 2.22. The van der Waals surface area contributed by atoms with Crippen molar-refractivity contribution < 1.29 is 18.7 Å². The van der Waals surface area contributed by atoms with Crippen molar-refractivity contribution in [3.05, 3.63) is 88.4 Å². The van der Waals surface area contributed by atoms with Crippen molar-refractivity contribution in [2.75, 3.05) is 11.9 Å². The van der Waals surface area contributed by atoms with Crippen LogP contribution in [0, 0.1) is 26.6 Å². The normalized spacial score (nSPS) is 11.2. The second-order valence-corrected chi connectivity index (χ2v) is 8.19. The Morgan fingerprint density at radius 2 is 1.83 bits per heavy atom. The van der Waals surface area contributed by atoms with Crippen LogP contribution >= 0.6 is 0 Å². The summed E-state index contributed by atoms with van der Waals surface area (Å²) in [6.07, 6.45) is 4.19. The zero-order valence-electron chi connectivity index (χ0n) is 19.9. The first kappa shape index (κ1) is 23.8. The Labute approximate surface area is 202 Å². The Bertz CT molecular complexity index is 1460. The number of esters is 1. The fourth-order valence-corrected chi connectivity index (χ4v) is 3.84. The molecule has 0 spiro atoms. The Hall–Kier alpha value is -4.33. The first-order chi connectivity index (χ1) is 16.8. The molecule has 8 heteroatoms. The van der Waals surface area contributed by atoms with Gasteiger partial charge in [-0.2, -0.15) is 9.78 Å². The molecule has 0 unspecified atom stereocenters. The van der Waals surface area contributed by atoms with Crippen molar-refractivity contribution in [2.24, 2.45) is 0 Å². The average Bonchev–Trinajstić information content (AvgIpc) is 3.23. The summed E-state index contributed by atoms with van der Waals surface area (Å²) in [6, 6.07) is 11.7.